The molecule has 0 atom stereocenters. The lowest BCUT2D eigenvalue weighted by Crippen LogP contribution is -2.24. The zero-order valence-electron chi connectivity index (χ0n) is 9.65. The first-order valence-electron chi connectivity index (χ1n) is 5.27. The number of nitrogens with zero attached hydrogens (tertiary/aromatic N) is 2. The Morgan fingerprint density at radius 2 is 2.22 bits per heavy atom. The number of imidazole rings is 1. The summed E-state index contributed by atoms with van der Waals surface area (Å²) < 4.78 is 1.83. The van der Waals surface area contributed by atoms with E-state index in [1.165, 1.54) is 6.07 Å². The highest BCUT2D eigenvalue weighted by Gasteiger charge is 2.11. The summed E-state index contributed by atoms with van der Waals surface area (Å²) in [6.07, 6.45) is 3.49. The molecule has 0 bridgehead atoms. The molecule has 1 amide bonds. The fraction of sp³-hybridized carbons (Fsp3) is 0.167. The Kier molecular flexibility index (Phi) is 3.89. The van der Waals surface area contributed by atoms with E-state index in [0.29, 0.717) is 22.2 Å². The summed E-state index contributed by atoms with van der Waals surface area (Å²) in [5, 5.41) is 3.59. The molecule has 1 N–H and O–H groups in total. The van der Waals surface area contributed by atoms with Gasteiger partial charge in [0.15, 0.2) is 0 Å². The van der Waals surface area contributed by atoms with E-state index in [-0.39, 0.29) is 5.91 Å². The summed E-state index contributed by atoms with van der Waals surface area (Å²) in [4.78, 5) is 16.0. The predicted octanol–water partition coefficient (Wildman–Crippen LogP) is 2.66. The van der Waals surface area contributed by atoms with Gasteiger partial charge >= 0.3 is 0 Å². The van der Waals surface area contributed by atoms with Crippen molar-refractivity contribution in [3.63, 3.8) is 0 Å². The highest BCUT2D eigenvalue weighted by Crippen LogP contribution is 2.20. The van der Waals surface area contributed by atoms with E-state index in [4.69, 9.17) is 23.2 Å². The number of rotatable bonds is 3. The highest BCUT2D eigenvalue weighted by atomic mass is 35.5. The van der Waals surface area contributed by atoms with E-state index < -0.39 is 0 Å². The maximum absolute atomic E-state index is 11.9. The van der Waals surface area contributed by atoms with E-state index in [1.807, 2.05) is 17.8 Å². The highest BCUT2D eigenvalue weighted by molar-refractivity contribution is 6.35. The molecule has 4 nitrogen and oxygen atoms in total. The van der Waals surface area contributed by atoms with Crippen molar-refractivity contribution in [1.29, 1.82) is 0 Å². The Balaban J connectivity index is 2.08. The number of carbonyl (C=O) groups excluding carboxylic acids is 1. The second-order valence-corrected chi connectivity index (χ2v) is 4.60. The molecule has 1 aromatic carbocycles. The van der Waals surface area contributed by atoms with Crippen LogP contribution in [0, 0.1) is 0 Å². The third-order valence-corrected chi connectivity index (χ3v) is 3.07. The molecule has 94 valence electrons. The molecule has 18 heavy (non-hydrogen) atoms. The van der Waals surface area contributed by atoms with Crippen molar-refractivity contribution in [2.75, 3.05) is 0 Å². The molecule has 2 aromatic rings. The SMILES string of the molecule is Cn1ccnc1CNC(=O)c1cc(Cl)ccc1Cl. The Hall–Kier alpha value is -1.52. The molecule has 0 aliphatic heterocycles. The lowest BCUT2D eigenvalue weighted by atomic mass is 10.2. The van der Waals surface area contributed by atoms with Gasteiger partial charge in [-0.3, -0.25) is 4.79 Å². The van der Waals surface area contributed by atoms with Crippen molar-refractivity contribution in [2.24, 2.45) is 7.05 Å². The molecule has 0 unspecified atom stereocenters. The van der Waals surface area contributed by atoms with Crippen molar-refractivity contribution >= 4 is 29.1 Å². The number of aryl methyl sites for hydroxylation is 1. The quantitative estimate of drug-likeness (QED) is 0.941. The number of aromatic nitrogens is 2. The fourth-order valence-corrected chi connectivity index (χ4v) is 1.87. The number of carbonyl (C=O) groups is 1. The first-order chi connectivity index (χ1) is 8.58. The van der Waals surface area contributed by atoms with Gasteiger partial charge in [0.2, 0.25) is 0 Å². The molecule has 0 fully saturated rings. The van der Waals surface area contributed by atoms with Crippen LogP contribution in [0.25, 0.3) is 0 Å². The van der Waals surface area contributed by atoms with Gasteiger partial charge in [0, 0.05) is 24.5 Å². The van der Waals surface area contributed by atoms with Crippen LogP contribution in [0.1, 0.15) is 16.2 Å². The lowest BCUT2D eigenvalue weighted by Gasteiger charge is -2.07. The van der Waals surface area contributed by atoms with Crippen LogP contribution < -0.4 is 5.32 Å². The van der Waals surface area contributed by atoms with E-state index in [9.17, 15) is 4.79 Å². The summed E-state index contributed by atoms with van der Waals surface area (Å²) in [5.74, 6) is 0.493. The summed E-state index contributed by atoms with van der Waals surface area (Å²) in [6, 6.07) is 4.77. The minimum absolute atomic E-state index is 0.273. The van der Waals surface area contributed by atoms with E-state index in [0.717, 1.165) is 5.82 Å². The van der Waals surface area contributed by atoms with Crippen LogP contribution >= 0.6 is 23.2 Å². The second kappa shape index (κ2) is 5.42. The molecule has 2 rings (SSSR count). The molecule has 6 heteroatoms. The van der Waals surface area contributed by atoms with Gasteiger partial charge in [-0.25, -0.2) is 4.98 Å². The first kappa shape index (κ1) is 12.9. The number of halogens is 2. The Labute approximate surface area is 115 Å². The van der Waals surface area contributed by atoms with Crippen molar-refractivity contribution < 1.29 is 4.79 Å². The van der Waals surface area contributed by atoms with Crippen LogP contribution in [0.5, 0.6) is 0 Å². The van der Waals surface area contributed by atoms with Crippen molar-refractivity contribution in [2.45, 2.75) is 6.54 Å². The Morgan fingerprint density at radius 1 is 1.44 bits per heavy atom. The average Bonchev–Trinajstić information content (AvgIpc) is 2.75. The second-order valence-electron chi connectivity index (χ2n) is 3.76. The normalized spacial score (nSPS) is 10.4. The number of hydrogen-bond donors (Lipinski definition) is 1. The maximum Gasteiger partial charge on any atom is 0.253 e. The summed E-state index contributed by atoms with van der Waals surface area (Å²) in [7, 11) is 1.86. The van der Waals surface area contributed by atoms with Gasteiger partial charge in [0.1, 0.15) is 5.82 Å². The van der Waals surface area contributed by atoms with Crippen molar-refractivity contribution in [3.8, 4) is 0 Å². The molecule has 1 heterocycles. The zero-order chi connectivity index (χ0) is 13.1. The molecule has 0 spiro atoms. The smallest absolute Gasteiger partial charge is 0.253 e. The standard InChI is InChI=1S/C12H11Cl2N3O/c1-17-5-4-15-11(17)7-16-12(18)9-6-8(13)2-3-10(9)14/h2-6H,7H2,1H3,(H,16,18). The zero-order valence-corrected chi connectivity index (χ0v) is 11.2. The average molecular weight is 284 g/mol. The molecular weight excluding hydrogens is 273 g/mol. The van der Waals surface area contributed by atoms with Crippen LogP contribution in [0.15, 0.2) is 30.6 Å². The molecular formula is C12H11Cl2N3O. The predicted molar refractivity (Wildman–Crippen MR) is 70.8 cm³/mol. The topological polar surface area (TPSA) is 46.9 Å². The Bertz CT molecular complexity index is 580. The fourth-order valence-electron chi connectivity index (χ4n) is 1.49. The first-order valence-corrected chi connectivity index (χ1v) is 6.03. The molecule has 0 aliphatic carbocycles. The minimum atomic E-state index is -0.273. The monoisotopic (exact) mass is 283 g/mol. The summed E-state index contributed by atoms with van der Waals surface area (Å²) in [6.45, 7) is 0.338. The van der Waals surface area contributed by atoms with Gasteiger partial charge in [-0.1, -0.05) is 23.2 Å². The largest absolute Gasteiger partial charge is 0.345 e. The number of amides is 1. The van der Waals surface area contributed by atoms with Gasteiger partial charge in [0.25, 0.3) is 5.91 Å². The van der Waals surface area contributed by atoms with Gasteiger partial charge in [-0.05, 0) is 18.2 Å². The summed E-state index contributed by atoms with van der Waals surface area (Å²) in [5.41, 5.74) is 0.360. The van der Waals surface area contributed by atoms with E-state index >= 15 is 0 Å². The van der Waals surface area contributed by atoms with E-state index in [2.05, 4.69) is 10.3 Å². The van der Waals surface area contributed by atoms with Crippen LogP contribution in [0.2, 0.25) is 10.0 Å². The maximum atomic E-state index is 11.9. The van der Waals surface area contributed by atoms with Crippen LogP contribution in [-0.4, -0.2) is 15.5 Å². The van der Waals surface area contributed by atoms with Crippen LogP contribution in [-0.2, 0) is 13.6 Å². The van der Waals surface area contributed by atoms with Gasteiger partial charge in [-0.15, -0.1) is 0 Å². The van der Waals surface area contributed by atoms with Gasteiger partial charge in [0.05, 0.1) is 17.1 Å². The molecule has 1 aromatic heterocycles. The van der Waals surface area contributed by atoms with Crippen molar-refractivity contribution in [1.82, 2.24) is 14.9 Å². The van der Waals surface area contributed by atoms with Gasteiger partial charge in [-0.2, -0.15) is 0 Å². The third kappa shape index (κ3) is 2.83. The molecule has 0 saturated heterocycles. The molecule has 0 saturated carbocycles. The number of benzene rings is 1. The molecule has 0 radical (unpaired) electrons. The van der Waals surface area contributed by atoms with Crippen LogP contribution in [0.3, 0.4) is 0 Å². The Morgan fingerprint density at radius 3 is 2.89 bits per heavy atom. The number of hydrogen-bond acceptors (Lipinski definition) is 2. The van der Waals surface area contributed by atoms with E-state index in [1.54, 1.807) is 18.3 Å². The lowest BCUT2D eigenvalue weighted by molar-refractivity contribution is 0.0950. The van der Waals surface area contributed by atoms with Crippen LogP contribution in [0.4, 0.5) is 0 Å². The van der Waals surface area contributed by atoms with Gasteiger partial charge < -0.3 is 9.88 Å². The third-order valence-electron chi connectivity index (χ3n) is 2.50. The van der Waals surface area contributed by atoms with Crippen molar-refractivity contribution in [3.05, 3.63) is 52.0 Å². The minimum Gasteiger partial charge on any atom is -0.345 e. The molecule has 0 aliphatic rings. The summed E-state index contributed by atoms with van der Waals surface area (Å²) >= 11 is 11.8. The number of nitrogens with one attached hydrogen (secondary N) is 1.